The number of nitrogens with two attached hydrogens (primary N) is 2. The number of carbonyl (C=O) groups is 1. The maximum Gasteiger partial charge on any atom is 0.228 e. The lowest BCUT2D eigenvalue weighted by atomic mass is 10.0. The smallest absolute Gasteiger partial charge is 0.228 e. The highest BCUT2D eigenvalue weighted by molar-refractivity contribution is 5.81. The van der Waals surface area contributed by atoms with Gasteiger partial charge in [0.25, 0.3) is 0 Å². The van der Waals surface area contributed by atoms with Crippen LogP contribution in [0, 0.1) is 11.2 Å². The molecule has 146 valence electrons. The standard InChI is InChI=1S/C21H23FN4O2/c1-13(9-18(28-24)21(2)7-8-21)26-19(27)10-14-3-5-15(6-4-14)16-11-17(22)20(23)25-12-16/h3-6,9,11-12H,1,7-8,10,24H2,2H3,(H2,23,25)(H,26,27)/b18-9-. The van der Waals surface area contributed by atoms with Gasteiger partial charge in [-0.1, -0.05) is 37.8 Å². The van der Waals surface area contributed by atoms with Crippen LogP contribution in [0.25, 0.3) is 11.1 Å². The van der Waals surface area contributed by atoms with Gasteiger partial charge in [0.15, 0.2) is 11.6 Å². The molecule has 0 bridgehead atoms. The van der Waals surface area contributed by atoms with Crippen LogP contribution in [-0.2, 0) is 16.1 Å². The first-order valence-electron chi connectivity index (χ1n) is 8.89. The number of aromatic nitrogens is 1. The number of nitrogen functional groups attached to an aromatic ring is 1. The summed E-state index contributed by atoms with van der Waals surface area (Å²) in [4.78, 5) is 21.0. The first-order valence-corrected chi connectivity index (χ1v) is 8.89. The Bertz CT molecular complexity index is 934. The molecule has 1 fully saturated rings. The number of nitrogens with zero attached hydrogens (tertiary/aromatic N) is 1. The Morgan fingerprint density at radius 2 is 2.04 bits per heavy atom. The summed E-state index contributed by atoms with van der Waals surface area (Å²) in [6.07, 6.45) is 5.34. The molecule has 6 nitrogen and oxygen atoms in total. The molecule has 1 saturated carbocycles. The number of nitrogens with one attached hydrogen (secondary N) is 1. The van der Waals surface area contributed by atoms with Crippen LogP contribution in [-0.4, -0.2) is 10.9 Å². The van der Waals surface area contributed by atoms with Crippen LogP contribution in [0.5, 0.6) is 0 Å². The van der Waals surface area contributed by atoms with Crippen molar-refractivity contribution in [3.05, 3.63) is 72.0 Å². The zero-order chi connectivity index (χ0) is 20.3. The number of pyridine rings is 1. The minimum atomic E-state index is -0.562. The number of rotatable bonds is 7. The van der Waals surface area contributed by atoms with E-state index in [-0.39, 0.29) is 23.6 Å². The van der Waals surface area contributed by atoms with Crippen LogP contribution >= 0.6 is 0 Å². The maximum absolute atomic E-state index is 13.6. The fourth-order valence-electron chi connectivity index (χ4n) is 2.81. The first-order chi connectivity index (χ1) is 13.3. The molecule has 0 aliphatic heterocycles. The zero-order valence-corrected chi connectivity index (χ0v) is 15.7. The van der Waals surface area contributed by atoms with E-state index in [1.54, 1.807) is 30.3 Å². The summed E-state index contributed by atoms with van der Waals surface area (Å²) in [5.41, 5.74) is 7.97. The number of benzene rings is 1. The summed E-state index contributed by atoms with van der Waals surface area (Å²) < 4.78 is 13.6. The number of halogens is 1. The van der Waals surface area contributed by atoms with Crippen molar-refractivity contribution in [3.63, 3.8) is 0 Å². The third kappa shape index (κ3) is 4.55. The number of allylic oxidation sites excluding steroid dienone is 2. The van der Waals surface area contributed by atoms with Crippen LogP contribution in [0.3, 0.4) is 0 Å². The Morgan fingerprint density at radius 3 is 2.61 bits per heavy atom. The Morgan fingerprint density at radius 1 is 1.36 bits per heavy atom. The third-order valence-corrected chi connectivity index (χ3v) is 4.85. The molecule has 1 heterocycles. The van der Waals surface area contributed by atoms with Crippen molar-refractivity contribution >= 4 is 11.7 Å². The molecule has 28 heavy (non-hydrogen) atoms. The highest BCUT2D eigenvalue weighted by Gasteiger charge is 2.43. The Balaban J connectivity index is 1.60. The van der Waals surface area contributed by atoms with Crippen molar-refractivity contribution < 1.29 is 14.0 Å². The second-order valence-electron chi connectivity index (χ2n) is 7.23. The van der Waals surface area contributed by atoms with E-state index in [1.165, 1.54) is 12.3 Å². The van der Waals surface area contributed by atoms with Gasteiger partial charge in [0.05, 0.1) is 6.42 Å². The molecule has 1 aliphatic carbocycles. The molecule has 3 rings (SSSR count). The van der Waals surface area contributed by atoms with Crippen LogP contribution < -0.4 is 16.9 Å². The van der Waals surface area contributed by atoms with Crippen molar-refractivity contribution in [3.8, 4) is 11.1 Å². The second-order valence-corrected chi connectivity index (χ2v) is 7.23. The van der Waals surface area contributed by atoms with E-state index < -0.39 is 5.82 Å². The lowest BCUT2D eigenvalue weighted by Crippen LogP contribution is -2.24. The normalized spacial score (nSPS) is 15.0. The number of hydrogen-bond donors (Lipinski definition) is 3. The molecule has 2 aromatic rings. The summed E-state index contributed by atoms with van der Waals surface area (Å²) in [5, 5.41) is 2.73. The predicted octanol–water partition coefficient (Wildman–Crippen LogP) is 3.22. The molecule has 7 heteroatoms. The van der Waals surface area contributed by atoms with Gasteiger partial charge in [-0.15, -0.1) is 0 Å². The Labute approximate surface area is 163 Å². The molecular weight excluding hydrogens is 359 g/mol. The first kappa shape index (κ1) is 19.6. The minimum absolute atomic E-state index is 0.0608. The van der Waals surface area contributed by atoms with E-state index in [0.717, 1.165) is 24.0 Å². The molecule has 0 atom stereocenters. The summed E-state index contributed by atoms with van der Waals surface area (Å²) >= 11 is 0. The summed E-state index contributed by atoms with van der Waals surface area (Å²) in [5.74, 6) is 5.04. The molecule has 0 unspecified atom stereocenters. The van der Waals surface area contributed by atoms with E-state index in [4.69, 9.17) is 16.5 Å². The lowest BCUT2D eigenvalue weighted by Gasteiger charge is -2.13. The van der Waals surface area contributed by atoms with Gasteiger partial charge < -0.3 is 15.9 Å². The summed E-state index contributed by atoms with van der Waals surface area (Å²) in [6, 6.07) is 8.55. The van der Waals surface area contributed by atoms with Gasteiger partial charge in [-0.3, -0.25) is 4.79 Å². The molecule has 0 radical (unpaired) electrons. The maximum atomic E-state index is 13.6. The van der Waals surface area contributed by atoms with Crippen LogP contribution in [0.2, 0.25) is 0 Å². The van der Waals surface area contributed by atoms with Gasteiger partial charge in [-0.2, -0.15) is 5.90 Å². The van der Waals surface area contributed by atoms with Crippen molar-refractivity contribution in [2.45, 2.75) is 26.2 Å². The predicted molar refractivity (Wildman–Crippen MR) is 106 cm³/mol. The number of carbonyl (C=O) groups excluding carboxylic acids is 1. The average Bonchev–Trinajstić information content (AvgIpc) is 3.41. The number of amides is 1. The summed E-state index contributed by atoms with van der Waals surface area (Å²) in [7, 11) is 0. The van der Waals surface area contributed by atoms with Crippen molar-refractivity contribution in [1.29, 1.82) is 0 Å². The topological polar surface area (TPSA) is 103 Å². The molecule has 1 aromatic carbocycles. The van der Waals surface area contributed by atoms with Gasteiger partial charge in [0.1, 0.15) is 5.76 Å². The Kier molecular flexibility index (Phi) is 5.46. The molecule has 1 amide bonds. The van der Waals surface area contributed by atoms with E-state index in [0.29, 0.717) is 17.0 Å². The fourth-order valence-corrected chi connectivity index (χ4v) is 2.81. The summed E-state index contributed by atoms with van der Waals surface area (Å²) in [6.45, 7) is 5.88. The highest BCUT2D eigenvalue weighted by Crippen LogP contribution is 2.51. The molecular formula is C21H23FN4O2. The van der Waals surface area contributed by atoms with Crippen molar-refractivity contribution in [2.75, 3.05) is 5.73 Å². The molecule has 0 spiro atoms. The quantitative estimate of drug-likeness (QED) is 0.388. The van der Waals surface area contributed by atoms with Crippen LogP contribution in [0.1, 0.15) is 25.3 Å². The van der Waals surface area contributed by atoms with Gasteiger partial charge >= 0.3 is 0 Å². The number of anilines is 1. The molecule has 1 aliphatic rings. The zero-order valence-electron chi connectivity index (χ0n) is 15.7. The van der Waals surface area contributed by atoms with E-state index >= 15 is 0 Å². The molecule has 5 N–H and O–H groups in total. The third-order valence-electron chi connectivity index (χ3n) is 4.85. The van der Waals surface area contributed by atoms with E-state index in [1.807, 2.05) is 6.92 Å². The number of hydrogen-bond acceptors (Lipinski definition) is 5. The molecule has 0 saturated heterocycles. The largest absolute Gasteiger partial charge is 0.415 e. The van der Waals surface area contributed by atoms with Crippen LogP contribution in [0.4, 0.5) is 10.2 Å². The SMILES string of the molecule is C=C(/C=C(\ON)C1(C)CC1)NC(=O)Cc1ccc(-c2cnc(N)c(F)c2)cc1. The van der Waals surface area contributed by atoms with Crippen molar-refractivity contribution in [1.82, 2.24) is 10.3 Å². The van der Waals surface area contributed by atoms with Gasteiger partial charge in [-0.25, -0.2) is 9.37 Å². The Hall–Kier alpha value is -3.19. The van der Waals surface area contributed by atoms with Gasteiger partial charge in [0.2, 0.25) is 5.91 Å². The van der Waals surface area contributed by atoms with Crippen LogP contribution in [0.15, 0.2) is 60.6 Å². The second kappa shape index (κ2) is 7.82. The van der Waals surface area contributed by atoms with Crippen molar-refractivity contribution in [2.24, 2.45) is 11.3 Å². The van der Waals surface area contributed by atoms with E-state index in [9.17, 15) is 9.18 Å². The van der Waals surface area contributed by atoms with Gasteiger partial charge in [-0.05, 0) is 30.0 Å². The molecule has 1 aromatic heterocycles. The average molecular weight is 382 g/mol. The monoisotopic (exact) mass is 382 g/mol. The van der Waals surface area contributed by atoms with E-state index in [2.05, 4.69) is 16.9 Å². The highest BCUT2D eigenvalue weighted by atomic mass is 19.1. The van der Waals surface area contributed by atoms with Gasteiger partial charge in [0, 0.05) is 28.9 Å². The fraction of sp³-hybridized carbons (Fsp3) is 0.238. The lowest BCUT2D eigenvalue weighted by molar-refractivity contribution is -0.119. The minimum Gasteiger partial charge on any atom is -0.415 e.